The maximum absolute atomic E-state index is 13.9. The van der Waals surface area contributed by atoms with Gasteiger partial charge in [-0.2, -0.15) is 0 Å². The Kier molecular flexibility index (Phi) is 5.29. The summed E-state index contributed by atoms with van der Waals surface area (Å²) >= 11 is 7.83. The van der Waals surface area contributed by atoms with E-state index in [-0.39, 0.29) is 22.0 Å². The summed E-state index contributed by atoms with van der Waals surface area (Å²) in [6.07, 6.45) is 2.58. The Hall–Kier alpha value is -3.11. The third-order valence-electron chi connectivity index (χ3n) is 6.06. The second-order valence-corrected chi connectivity index (χ2v) is 9.48. The van der Waals surface area contributed by atoms with Crippen molar-refractivity contribution in [2.24, 2.45) is 0 Å². The van der Waals surface area contributed by atoms with Crippen molar-refractivity contribution in [1.82, 2.24) is 20.1 Å². The average molecular weight is 488 g/mol. The third kappa shape index (κ3) is 3.72. The quantitative estimate of drug-likeness (QED) is 0.408. The average Bonchev–Trinajstić information content (AvgIpc) is 3.14. The van der Waals surface area contributed by atoms with Crippen LogP contribution in [0.3, 0.4) is 0 Å². The van der Waals surface area contributed by atoms with Gasteiger partial charge in [0.2, 0.25) is 0 Å². The van der Waals surface area contributed by atoms with Crippen molar-refractivity contribution in [3.05, 3.63) is 62.1 Å². The minimum atomic E-state index is -0.806. The number of ketones is 1. The molecule has 0 saturated heterocycles. The van der Waals surface area contributed by atoms with Gasteiger partial charge in [0.05, 0.1) is 16.1 Å². The second-order valence-electron chi connectivity index (χ2n) is 8.27. The predicted octanol–water partition coefficient (Wildman–Crippen LogP) is 3.63. The molecule has 0 bridgehead atoms. The number of hydrogen-bond donors (Lipinski definition) is 2. The Morgan fingerprint density at radius 1 is 1.27 bits per heavy atom. The number of hydrogen-bond acceptors (Lipinski definition) is 6. The molecule has 2 amide bonds. The van der Waals surface area contributed by atoms with E-state index in [1.165, 1.54) is 17.4 Å². The summed E-state index contributed by atoms with van der Waals surface area (Å²) in [6.45, 7) is 2.09. The Labute approximate surface area is 197 Å². The molecule has 2 aromatic heterocycles. The number of rotatable bonds is 6. The largest absolute Gasteiger partial charge is 0.340 e. The molecule has 8 nitrogen and oxygen atoms in total. The third-order valence-corrected chi connectivity index (χ3v) is 7.32. The van der Waals surface area contributed by atoms with Gasteiger partial charge in [-0.15, -0.1) is 21.5 Å². The Morgan fingerprint density at radius 3 is 2.73 bits per heavy atom. The maximum atomic E-state index is 13.9. The molecule has 1 aromatic carbocycles. The Bertz CT molecular complexity index is 1300. The van der Waals surface area contributed by atoms with E-state index in [4.69, 9.17) is 11.6 Å². The molecule has 2 N–H and O–H groups in total. The molecule has 1 aliphatic heterocycles. The summed E-state index contributed by atoms with van der Waals surface area (Å²) in [4.78, 5) is 39.0. The smallest absolute Gasteiger partial charge is 0.294 e. The highest BCUT2D eigenvalue weighted by molar-refractivity contribution is 7.09. The normalized spacial score (nSPS) is 15.7. The first-order chi connectivity index (χ1) is 15.8. The molecule has 2 aliphatic rings. The van der Waals surface area contributed by atoms with Crippen LogP contribution in [0.1, 0.15) is 56.4 Å². The molecule has 170 valence electrons. The molecule has 11 heteroatoms. The molecule has 3 aromatic rings. The molecule has 3 heterocycles. The van der Waals surface area contributed by atoms with Gasteiger partial charge in [0.1, 0.15) is 22.0 Å². The van der Waals surface area contributed by atoms with Crippen LogP contribution in [0.15, 0.2) is 23.7 Å². The van der Waals surface area contributed by atoms with Crippen LogP contribution in [-0.2, 0) is 23.3 Å². The maximum Gasteiger partial charge on any atom is 0.294 e. The van der Waals surface area contributed by atoms with Gasteiger partial charge in [0.15, 0.2) is 0 Å². The monoisotopic (exact) mass is 487 g/mol. The number of aryl methyl sites for hydroxylation is 1. The van der Waals surface area contributed by atoms with Gasteiger partial charge in [-0.25, -0.2) is 4.39 Å². The number of nitrogens with zero attached hydrogens (tertiary/aromatic N) is 3. The van der Waals surface area contributed by atoms with Crippen molar-refractivity contribution in [1.29, 1.82) is 0 Å². The Balaban J connectivity index is 1.43. The number of fused-ring (bicyclic) bond motifs is 1. The number of amides is 2. The van der Waals surface area contributed by atoms with Crippen molar-refractivity contribution in [3.8, 4) is 0 Å². The van der Waals surface area contributed by atoms with Gasteiger partial charge in [-0.3, -0.25) is 14.4 Å². The van der Waals surface area contributed by atoms with Gasteiger partial charge in [0, 0.05) is 17.9 Å². The van der Waals surface area contributed by atoms with Crippen molar-refractivity contribution < 1.29 is 18.8 Å². The number of benzene rings is 1. The molecule has 1 fully saturated rings. The number of nitrogens with one attached hydrogen (secondary N) is 2. The van der Waals surface area contributed by atoms with E-state index in [0.29, 0.717) is 48.5 Å². The summed E-state index contributed by atoms with van der Waals surface area (Å²) in [5.41, 5.74) is 2.35. The predicted molar refractivity (Wildman–Crippen MR) is 120 cm³/mol. The lowest BCUT2D eigenvalue weighted by Gasteiger charge is -2.14. The lowest BCUT2D eigenvalue weighted by atomic mass is 10.1. The number of halogens is 2. The van der Waals surface area contributed by atoms with Crippen LogP contribution in [0.5, 0.6) is 0 Å². The summed E-state index contributed by atoms with van der Waals surface area (Å²) in [5.74, 6) is -2.61. The van der Waals surface area contributed by atoms with Crippen LogP contribution in [0.2, 0.25) is 5.02 Å². The van der Waals surface area contributed by atoms with Crippen molar-refractivity contribution in [3.63, 3.8) is 0 Å². The van der Waals surface area contributed by atoms with Crippen LogP contribution >= 0.6 is 22.9 Å². The van der Waals surface area contributed by atoms with E-state index < -0.39 is 29.0 Å². The summed E-state index contributed by atoms with van der Waals surface area (Å²) < 4.78 is 15.5. The first kappa shape index (κ1) is 21.7. The fraction of sp³-hybridized carbons (Fsp3) is 0.318. The van der Waals surface area contributed by atoms with Crippen LogP contribution in [0.4, 0.5) is 10.1 Å². The van der Waals surface area contributed by atoms with Gasteiger partial charge >= 0.3 is 0 Å². The van der Waals surface area contributed by atoms with Crippen molar-refractivity contribution in [2.45, 2.75) is 44.7 Å². The fourth-order valence-corrected chi connectivity index (χ4v) is 5.29. The highest BCUT2D eigenvalue weighted by Gasteiger charge is 2.50. The minimum absolute atomic E-state index is 0.00466. The number of anilines is 1. The molecule has 0 spiro atoms. The van der Waals surface area contributed by atoms with Crippen LogP contribution < -0.4 is 10.6 Å². The number of carbonyl (C=O) groups excluding carboxylic acids is 3. The summed E-state index contributed by atoms with van der Waals surface area (Å²) in [7, 11) is 0. The fourth-order valence-electron chi connectivity index (χ4n) is 4.14. The summed E-state index contributed by atoms with van der Waals surface area (Å²) in [5, 5.41) is 13.8. The zero-order valence-electron chi connectivity index (χ0n) is 17.6. The van der Waals surface area contributed by atoms with Gasteiger partial charge < -0.3 is 15.2 Å². The molecule has 0 unspecified atom stereocenters. The van der Waals surface area contributed by atoms with Crippen LogP contribution in [0.25, 0.3) is 0 Å². The number of carbonyl (C=O) groups is 3. The van der Waals surface area contributed by atoms with E-state index in [1.54, 1.807) is 29.1 Å². The van der Waals surface area contributed by atoms with Crippen molar-refractivity contribution in [2.75, 3.05) is 5.32 Å². The lowest BCUT2D eigenvalue weighted by molar-refractivity contribution is -0.118. The zero-order chi connectivity index (χ0) is 23.3. The zero-order valence-corrected chi connectivity index (χ0v) is 19.1. The summed E-state index contributed by atoms with van der Waals surface area (Å²) in [6, 6.07) is 4.36. The van der Waals surface area contributed by atoms with Gasteiger partial charge in [-0.05, 0) is 50.3 Å². The molecular formula is C22H19ClFN5O3S. The van der Waals surface area contributed by atoms with Gasteiger partial charge in [0.25, 0.3) is 17.6 Å². The van der Waals surface area contributed by atoms with E-state index >= 15 is 0 Å². The first-order valence-corrected chi connectivity index (χ1v) is 11.7. The van der Waals surface area contributed by atoms with E-state index in [9.17, 15) is 18.8 Å². The van der Waals surface area contributed by atoms with Crippen LogP contribution in [-0.4, -0.2) is 32.4 Å². The Morgan fingerprint density at radius 2 is 2.06 bits per heavy atom. The van der Waals surface area contributed by atoms with E-state index in [1.807, 2.05) is 0 Å². The van der Waals surface area contributed by atoms with E-state index in [0.717, 1.165) is 0 Å². The number of Topliss-reactive ketones (excluding diaryl/α,β-unsaturated/α-hetero) is 1. The molecule has 1 aliphatic carbocycles. The second kappa shape index (κ2) is 8.03. The molecule has 33 heavy (non-hydrogen) atoms. The highest BCUT2D eigenvalue weighted by atomic mass is 35.5. The highest BCUT2D eigenvalue weighted by Crippen LogP contribution is 2.46. The van der Waals surface area contributed by atoms with Crippen molar-refractivity contribution >= 4 is 46.2 Å². The first-order valence-electron chi connectivity index (χ1n) is 10.4. The molecule has 1 saturated carbocycles. The van der Waals surface area contributed by atoms with Crippen LogP contribution in [0, 0.1) is 12.7 Å². The minimum Gasteiger partial charge on any atom is -0.340 e. The standard InChI is InChI=1S/C22H19ClFN5O3S/c1-11-4-5-12(9-13(11)24)26-19(31)15-14-3-2-8-29(14)17(16(15)23)18(30)20(32)27-22(6-7-22)21-28-25-10-33-21/h4-5,9-10H,2-3,6-8H2,1H3,(H,26,31)(H,27,32). The molecular weight excluding hydrogens is 469 g/mol. The lowest BCUT2D eigenvalue weighted by Crippen LogP contribution is -2.40. The van der Waals surface area contributed by atoms with E-state index in [2.05, 4.69) is 20.8 Å². The topological polar surface area (TPSA) is 106 Å². The molecule has 5 rings (SSSR count). The number of aromatic nitrogens is 3. The SMILES string of the molecule is Cc1ccc(NC(=O)c2c(Cl)c(C(=O)C(=O)NC3(c4nncs4)CC3)n3c2CCC3)cc1F. The molecule has 0 radical (unpaired) electrons. The van der Waals surface area contributed by atoms with Gasteiger partial charge in [-0.1, -0.05) is 17.7 Å². The molecule has 0 atom stereocenters.